The van der Waals surface area contributed by atoms with Crippen molar-refractivity contribution in [3.63, 3.8) is 0 Å². The summed E-state index contributed by atoms with van der Waals surface area (Å²) >= 11 is 0. The molecule has 0 unspecified atom stereocenters. The van der Waals surface area contributed by atoms with Crippen LogP contribution < -0.4 is 0 Å². The summed E-state index contributed by atoms with van der Waals surface area (Å²) in [7, 11) is 0. The van der Waals surface area contributed by atoms with E-state index in [9.17, 15) is 4.79 Å². The molecule has 0 saturated carbocycles. The minimum atomic E-state index is -0.0103. The number of pyridine rings is 1. The van der Waals surface area contributed by atoms with Gasteiger partial charge in [0, 0.05) is 38.1 Å². The number of aromatic nitrogens is 6. The van der Waals surface area contributed by atoms with Crippen molar-refractivity contribution in [2.24, 2.45) is 0 Å². The Labute approximate surface area is 157 Å². The topological polar surface area (TPSA) is 89.7 Å². The van der Waals surface area contributed by atoms with Gasteiger partial charge in [0.05, 0.1) is 23.5 Å². The van der Waals surface area contributed by atoms with E-state index in [1.807, 2.05) is 40.9 Å². The molecule has 8 nitrogen and oxygen atoms in total. The SMILES string of the molecule is CCc1ncc(C(=O)N2CCC(n3cc(-c4ccccn4)nn3)CC2)cn1. The highest BCUT2D eigenvalue weighted by Gasteiger charge is 2.26. The molecular formula is C19H21N7O. The van der Waals surface area contributed by atoms with E-state index in [1.54, 1.807) is 18.6 Å². The second-order valence-electron chi connectivity index (χ2n) is 6.56. The van der Waals surface area contributed by atoms with E-state index in [0.29, 0.717) is 18.7 Å². The molecule has 27 heavy (non-hydrogen) atoms. The number of hydrogen-bond donors (Lipinski definition) is 0. The van der Waals surface area contributed by atoms with Crippen LogP contribution in [0.5, 0.6) is 0 Å². The van der Waals surface area contributed by atoms with Crippen molar-refractivity contribution < 1.29 is 4.79 Å². The first-order chi connectivity index (χ1) is 13.2. The molecule has 1 fully saturated rings. The monoisotopic (exact) mass is 363 g/mol. The Morgan fingerprint density at radius 2 is 1.89 bits per heavy atom. The second-order valence-corrected chi connectivity index (χ2v) is 6.56. The summed E-state index contributed by atoms with van der Waals surface area (Å²) in [4.78, 5) is 27.2. The van der Waals surface area contributed by atoms with Gasteiger partial charge >= 0.3 is 0 Å². The molecule has 1 saturated heterocycles. The number of carbonyl (C=O) groups excluding carboxylic acids is 1. The fraction of sp³-hybridized carbons (Fsp3) is 0.368. The maximum Gasteiger partial charge on any atom is 0.256 e. The maximum atomic E-state index is 12.6. The fourth-order valence-corrected chi connectivity index (χ4v) is 3.25. The molecule has 1 aliphatic heterocycles. The van der Waals surface area contributed by atoms with Crippen LogP contribution in [-0.4, -0.2) is 53.8 Å². The van der Waals surface area contributed by atoms with Crippen LogP contribution in [0.1, 0.15) is 42.0 Å². The predicted molar refractivity (Wildman–Crippen MR) is 98.8 cm³/mol. The summed E-state index contributed by atoms with van der Waals surface area (Å²) in [6.45, 7) is 3.35. The quantitative estimate of drug-likeness (QED) is 0.706. The summed E-state index contributed by atoms with van der Waals surface area (Å²) in [6.07, 6.45) is 9.36. The lowest BCUT2D eigenvalue weighted by molar-refractivity contribution is 0.0688. The standard InChI is InChI=1S/C19H21N7O/c1-2-18-21-11-14(12-22-18)19(27)25-9-6-15(7-10-25)26-13-17(23-24-26)16-5-3-4-8-20-16/h3-5,8,11-13,15H,2,6-7,9-10H2,1H3. The second kappa shape index (κ2) is 7.61. The van der Waals surface area contributed by atoms with E-state index in [0.717, 1.165) is 36.5 Å². The van der Waals surface area contributed by atoms with Crippen LogP contribution in [-0.2, 0) is 6.42 Å². The van der Waals surface area contributed by atoms with Gasteiger partial charge in [-0.1, -0.05) is 18.2 Å². The average molecular weight is 363 g/mol. The molecule has 4 heterocycles. The van der Waals surface area contributed by atoms with E-state index in [1.165, 1.54) is 0 Å². The minimum Gasteiger partial charge on any atom is -0.338 e. The normalized spacial score (nSPS) is 15.1. The molecule has 0 aliphatic carbocycles. The fourth-order valence-electron chi connectivity index (χ4n) is 3.25. The molecule has 138 valence electrons. The Hall–Kier alpha value is -3.16. The number of piperidine rings is 1. The van der Waals surface area contributed by atoms with Crippen molar-refractivity contribution in [2.75, 3.05) is 13.1 Å². The smallest absolute Gasteiger partial charge is 0.256 e. The average Bonchev–Trinajstić information content (AvgIpc) is 3.24. The van der Waals surface area contributed by atoms with Crippen LogP contribution in [0.4, 0.5) is 0 Å². The largest absolute Gasteiger partial charge is 0.338 e. The van der Waals surface area contributed by atoms with Gasteiger partial charge in [-0.15, -0.1) is 5.10 Å². The minimum absolute atomic E-state index is 0.0103. The first-order valence-electron chi connectivity index (χ1n) is 9.18. The molecule has 1 amide bonds. The zero-order valence-corrected chi connectivity index (χ0v) is 15.2. The number of carbonyl (C=O) groups is 1. The molecule has 1 aliphatic rings. The summed E-state index contributed by atoms with van der Waals surface area (Å²) in [5, 5.41) is 8.50. The van der Waals surface area contributed by atoms with Gasteiger partial charge in [0.2, 0.25) is 0 Å². The highest BCUT2D eigenvalue weighted by atomic mass is 16.2. The molecule has 0 atom stereocenters. The third-order valence-corrected chi connectivity index (χ3v) is 4.83. The summed E-state index contributed by atoms with van der Waals surface area (Å²) < 4.78 is 1.89. The van der Waals surface area contributed by atoms with Crippen molar-refractivity contribution >= 4 is 5.91 Å². The zero-order valence-electron chi connectivity index (χ0n) is 15.2. The Balaban J connectivity index is 1.39. The van der Waals surface area contributed by atoms with Crippen LogP contribution in [0.2, 0.25) is 0 Å². The van der Waals surface area contributed by atoms with Gasteiger partial charge in [-0.3, -0.25) is 9.78 Å². The van der Waals surface area contributed by atoms with E-state index in [-0.39, 0.29) is 11.9 Å². The zero-order chi connectivity index (χ0) is 18.6. The van der Waals surface area contributed by atoms with E-state index in [4.69, 9.17) is 0 Å². The number of rotatable bonds is 4. The lowest BCUT2D eigenvalue weighted by Gasteiger charge is -2.31. The summed E-state index contributed by atoms with van der Waals surface area (Å²) in [5.41, 5.74) is 2.12. The van der Waals surface area contributed by atoms with Gasteiger partial charge in [-0.05, 0) is 25.0 Å². The lowest BCUT2D eigenvalue weighted by Crippen LogP contribution is -2.39. The van der Waals surface area contributed by atoms with Gasteiger partial charge in [0.25, 0.3) is 5.91 Å². The van der Waals surface area contributed by atoms with Crippen LogP contribution in [0.25, 0.3) is 11.4 Å². The molecule has 4 rings (SSSR count). The molecular weight excluding hydrogens is 342 g/mol. The Bertz CT molecular complexity index is 899. The van der Waals surface area contributed by atoms with Gasteiger partial charge in [0.1, 0.15) is 11.5 Å². The Morgan fingerprint density at radius 3 is 2.56 bits per heavy atom. The molecule has 0 spiro atoms. The van der Waals surface area contributed by atoms with Crippen LogP contribution in [0.15, 0.2) is 43.0 Å². The highest BCUT2D eigenvalue weighted by Crippen LogP contribution is 2.24. The van der Waals surface area contributed by atoms with Gasteiger partial charge in [0.15, 0.2) is 0 Å². The third kappa shape index (κ3) is 3.69. The van der Waals surface area contributed by atoms with Gasteiger partial charge in [-0.2, -0.15) is 0 Å². The van der Waals surface area contributed by atoms with E-state index < -0.39 is 0 Å². The maximum absolute atomic E-state index is 12.6. The van der Waals surface area contributed by atoms with Crippen LogP contribution in [0.3, 0.4) is 0 Å². The molecule has 8 heteroatoms. The number of likely N-dealkylation sites (tertiary alicyclic amines) is 1. The van der Waals surface area contributed by atoms with Crippen molar-refractivity contribution in [1.82, 2.24) is 34.8 Å². The van der Waals surface area contributed by atoms with Crippen LogP contribution in [0, 0.1) is 0 Å². The molecule has 0 N–H and O–H groups in total. The van der Waals surface area contributed by atoms with Crippen molar-refractivity contribution in [2.45, 2.75) is 32.2 Å². The summed E-state index contributed by atoms with van der Waals surface area (Å²) in [6, 6.07) is 5.96. The Morgan fingerprint density at radius 1 is 1.11 bits per heavy atom. The van der Waals surface area contributed by atoms with Crippen molar-refractivity contribution in [1.29, 1.82) is 0 Å². The molecule has 0 radical (unpaired) electrons. The van der Waals surface area contributed by atoms with Crippen molar-refractivity contribution in [3.8, 4) is 11.4 Å². The number of nitrogens with zero attached hydrogens (tertiary/aromatic N) is 7. The lowest BCUT2D eigenvalue weighted by atomic mass is 10.0. The molecule has 0 aromatic carbocycles. The number of hydrogen-bond acceptors (Lipinski definition) is 6. The molecule has 3 aromatic rings. The Kier molecular flexibility index (Phi) is 4.86. The third-order valence-electron chi connectivity index (χ3n) is 4.83. The highest BCUT2D eigenvalue weighted by molar-refractivity contribution is 5.93. The molecule has 3 aromatic heterocycles. The van der Waals surface area contributed by atoms with E-state index >= 15 is 0 Å². The van der Waals surface area contributed by atoms with Gasteiger partial charge in [-0.25, -0.2) is 14.6 Å². The van der Waals surface area contributed by atoms with Gasteiger partial charge < -0.3 is 4.90 Å². The summed E-state index contributed by atoms with van der Waals surface area (Å²) in [5.74, 6) is 0.740. The predicted octanol–water partition coefficient (Wildman–Crippen LogP) is 2.17. The van der Waals surface area contributed by atoms with E-state index in [2.05, 4.69) is 25.3 Å². The molecule has 0 bridgehead atoms. The number of amides is 1. The number of aryl methyl sites for hydroxylation is 1. The first kappa shape index (κ1) is 17.3. The first-order valence-corrected chi connectivity index (χ1v) is 9.18. The van der Waals surface area contributed by atoms with Crippen LogP contribution >= 0.6 is 0 Å². The van der Waals surface area contributed by atoms with Crippen molar-refractivity contribution in [3.05, 3.63) is 54.4 Å².